The second-order valence-electron chi connectivity index (χ2n) is 2.97. The van der Waals surface area contributed by atoms with Crippen molar-refractivity contribution in [1.29, 1.82) is 0 Å². The van der Waals surface area contributed by atoms with Gasteiger partial charge in [-0.3, -0.25) is 0 Å². The number of rotatable bonds is 2. The van der Waals surface area contributed by atoms with E-state index in [1.54, 1.807) is 18.2 Å². The van der Waals surface area contributed by atoms with E-state index in [0.717, 1.165) is 0 Å². The number of aromatic carboxylic acids is 1. The first-order valence-corrected chi connectivity index (χ1v) is 4.38. The van der Waals surface area contributed by atoms with Crippen molar-refractivity contribution >= 4 is 23.2 Å². The van der Waals surface area contributed by atoms with Crippen molar-refractivity contribution < 1.29 is 9.90 Å². The smallest absolute Gasteiger partial charge is 0.337 e. The number of hydrogen-bond acceptors (Lipinski definition) is 2. The molecule has 0 aromatic heterocycles. The third-order valence-electron chi connectivity index (χ3n) is 2.05. The van der Waals surface area contributed by atoms with Gasteiger partial charge in [-0.2, -0.15) is 0 Å². The van der Waals surface area contributed by atoms with Crippen molar-refractivity contribution in [3.63, 3.8) is 0 Å². The lowest BCUT2D eigenvalue weighted by molar-refractivity contribution is 0.0697. The molecule has 2 rings (SSSR count). The number of carboxylic acid groups (broad SMARTS) is 1. The van der Waals surface area contributed by atoms with Crippen LogP contribution in [-0.2, 0) is 0 Å². The molecule has 0 atom stereocenters. The predicted octanol–water partition coefficient (Wildman–Crippen LogP) is 2.07. The zero-order valence-electron chi connectivity index (χ0n) is 7.69. The fraction of sp³-hybridized carbons (Fsp3) is 0.200. The molecular weight excluding hydrogens is 180 g/mol. The summed E-state index contributed by atoms with van der Waals surface area (Å²) in [6, 6.07) is 4.99. The number of hydrogen-bond donors (Lipinski definition) is 1. The Morgan fingerprint density at radius 1 is 1.50 bits per heavy atom. The Bertz CT molecular complexity index is 424. The van der Waals surface area contributed by atoms with Crippen molar-refractivity contribution in [2.24, 2.45) is 4.99 Å². The topological polar surface area (TPSA) is 63.8 Å². The maximum Gasteiger partial charge on any atom is 0.337 e. The predicted molar refractivity (Wildman–Crippen MR) is 52.6 cm³/mol. The zero-order valence-corrected chi connectivity index (χ0v) is 7.69. The van der Waals surface area contributed by atoms with Crippen LogP contribution in [0.1, 0.15) is 23.7 Å². The van der Waals surface area contributed by atoms with Crippen LogP contribution in [0.3, 0.4) is 0 Å². The summed E-state index contributed by atoms with van der Waals surface area (Å²) in [4.78, 5) is 15.0. The monoisotopic (exact) mass is 189 g/mol. The molecule has 4 nitrogen and oxygen atoms in total. The molecule has 0 spiro atoms. The van der Waals surface area contributed by atoms with Crippen LogP contribution in [-0.4, -0.2) is 16.9 Å². The lowest BCUT2D eigenvalue weighted by Gasteiger charge is -2.00. The minimum Gasteiger partial charge on any atom is -0.478 e. The molecule has 4 heteroatoms. The number of nitrogens with zero attached hydrogens (tertiary/aromatic N) is 2. The fourth-order valence-corrected chi connectivity index (χ4v) is 1.36. The van der Waals surface area contributed by atoms with Gasteiger partial charge in [-0.25, -0.2) is 15.1 Å². The van der Waals surface area contributed by atoms with Crippen LogP contribution in [0, 0.1) is 0 Å². The third kappa shape index (κ3) is 1.25. The van der Waals surface area contributed by atoms with Gasteiger partial charge in [0.05, 0.1) is 11.3 Å². The number of para-hydroxylation sites is 1. The maximum absolute atomic E-state index is 10.8. The number of fused-ring (bicyclic) bond motifs is 1. The summed E-state index contributed by atoms with van der Waals surface area (Å²) in [5, 5.41) is 13.1. The lowest BCUT2D eigenvalue weighted by atomic mass is 10.1. The van der Waals surface area contributed by atoms with E-state index in [1.165, 1.54) is 0 Å². The van der Waals surface area contributed by atoms with Gasteiger partial charge in [-0.05, 0) is 12.1 Å². The summed E-state index contributed by atoms with van der Waals surface area (Å²) in [5.41, 5.74) is 1.35. The van der Waals surface area contributed by atoms with Gasteiger partial charge in [0.15, 0.2) is 0 Å². The van der Waals surface area contributed by atoms with Crippen molar-refractivity contribution in [2.45, 2.75) is 13.3 Å². The Kier molecular flexibility index (Phi) is 1.96. The average molecular weight is 189 g/mol. The van der Waals surface area contributed by atoms with E-state index in [1.807, 2.05) is 6.92 Å². The van der Waals surface area contributed by atoms with Crippen molar-refractivity contribution in [3.05, 3.63) is 23.8 Å². The molecule has 0 saturated heterocycles. The highest BCUT2D eigenvalue weighted by molar-refractivity contribution is 6.04. The molecule has 1 aliphatic heterocycles. The molecular formula is C10H9N2O2. The van der Waals surface area contributed by atoms with Crippen molar-refractivity contribution in [1.82, 2.24) is 5.32 Å². The average Bonchev–Trinajstić information content (AvgIpc) is 2.59. The van der Waals surface area contributed by atoms with Gasteiger partial charge < -0.3 is 5.11 Å². The number of carbonyl (C=O) groups is 1. The molecule has 1 N–H and O–H groups in total. The van der Waals surface area contributed by atoms with E-state index >= 15 is 0 Å². The van der Waals surface area contributed by atoms with Crippen LogP contribution in [0.4, 0.5) is 11.4 Å². The first-order valence-electron chi connectivity index (χ1n) is 4.38. The Labute approximate surface area is 81.3 Å². The number of amidine groups is 1. The van der Waals surface area contributed by atoms with Crippen LogP contribution in [0.25, 0.3) is 0 Å². The molecule has 14 heavy (non-hydrogen) atoms. The van der Waals surface area contributed by atoms with E-state index < -0.39 is 5.97 Å². The van der Waals surface area contributed by atoms with E-state index in [4.69, 9.17) is 5.11 Å². The van der Waals surface area contributed by atoms with Crippen LogP contribution < -0.4 is 5.32 Å². The van der Waals surface area contributed by atoms with E-state index in [9.17, 15) is 4.79 Å². The second kappa shape index (κ2) is 3.14. The molecule has 71 valence electrons. The van der Waals surface area contributed by atoms with Gasteiger partial charge >= 0.3 is 5.97 Å². The SMILES string of the molecule is CCC1=Nc2cccc(C(=O)O)c2[N]1. The molecule has 0 unspecified atom stereocenters. The largest absolute Gasteiger partial charge is 0.478 e. The highest BCUT2D eigenvalue weighted by Crippen LogP contribution is 2.33. The minimum absolute atomic E-state index is 0.217. The zero-order chi connectivity index (χ0) is 10.1. The molecule has 0 bridgehead atoms. The summed E-state index contributed by atoms with van der Waals surface area (Å²) in [6.07, 6.45) is 0.716. The fourth-order valence-electron chi connectivity index (χ4n) is 1.36. The normalized spacial score (nSPS) is 13.1. The summed E-state index contributed by atoms with van der Waals surface area (Å²) >= 11 is 0. The van der Waals surface area contributed by atoms with Gasteiger partial charge in [0, 0.05) is 6.42 Å². The molecule has 0 aliphatic carbocycles. The Balaban J connectivity index is 2.48. The first kappa shape index (κ1) is 8.74. The van der Waals surface area contributed by atoms with E-state index in [2.05, 4.69) is 10.3 Å². The van der Waals surface area contributed by atoms with Crippen molar-refractivity contribution in [3.8, 4) is 0 Å². The molecule has 1 aromatic rings. The lowest BCUT2D eigenvalue weighted by Crippen LogP contribution is -2.07. The minimum atomic E-state index is -0.960. The molecule has 0 amide bonds. The number of carboxylic acids is 1. The quantitative estimate of drug-likeness (QED) is 0.773. The molecule has 1 aliphatic rings. The Hall–Kier alpha value is -1.84. The van der Waals surface area contributed by atoms with Crippen LogP contribution >= 0.6 is 0 Å². The molecule has 1 radical (unpaired) electrons. The molecule has 0 saturated carbocycles. The van der Waals surface area contributed by atoms with Crippen LogP contribution in [0.15, 0.2) is 23.2 Å². The maximum atomic E-state index is 10.8. The molecule has 1 aromatic carbocycles. The van der Waals surface area contributed by atoms with Gasteiger partial charge in [-0.15, -0.1) is 0 Å². The highest BCUT2D eigenvalue weighted by atomic mass is 16.4. The number of benzene rings is 1. The van der Waals surface area contributed by atoms with Gasteiger partial charge in [-0.1, -0.05) is 13.0 Å². The Morgan fingerprint density at radius 3 is 2.93 bits per heavy atom. The standard InChI is InChI=1S/C10H9N2O2/c1-2-8-11-7-5-3-4-6(10(13)14)9(7)12-8/h3-5H,2H2,1H3,(H,13,14). The van der Waals surface area contributed by atoms with E-state index in [0.29, 0.717) is 23.6 Å². The summed E-state index contributed by atoms with van der Waals surface area (Å²) in [5.74, 6) is -0.271. The summed E-state index contributed by atoms with van der Waals surface area (Å²) in [7, 11) is 0. The second-order valence-corrected chi connectivity index (χ2v) is 2.97. The van der Waals surface area contributed by atoms with Gasteiger partial charge in [0.1, 0.15) is 11.5 Å². The van der Waals surface area contributed by atoms with E-state index in [-0.39, 0.29) is 5.56 Å². The summed E-state index contributed by atoms with van der Waals surface area (Å²) < 4.78 is 0. The molecule has 1 heterocycles. The number of aliphatic imine (C=N–C) groups is 1. The van der Waals surface area contributed by atoms with Crippen molar-refractivity contribution in [2.75, 3.05) is 0 Å². The highest BCUT2D eigenvalue weighted by Gasteiger charge is 2.20. The summed E-state index contributed by atoms with van der Waals surface area (Å²) in [6.45, 7) is 1.94. The third-order valence-corrected chi connectivity index (χ3v) is 2.05. The first-order chi connectivity index (χ1) is 6.72. The van der Waals surface area contributed by atoms with Gasteiger partial charge in [0.2, 0.25) is 0 Å². The van der Waals surface area contributed by atoms with Crippen LogP contribution in [0.2, 0.25) is 0 Å². The molecule has 0 fully saturated rings. The Morgan fingerprint density at radius 2 is 2.29 bits per heavy atom. The van der Waals surface area contributed by atoms with Crippen LogP contribution in [0.5, 0.6) is 0 Å². The van der Waals surface area contributed by atoms with Gasteiger partial charge in [0.25, 0.3) is 0 Å².